The highest BCUT2D eigenvalue weighted by Gasteiger charge is 2.13. The van der Waals surface area contributed by atoms with Crippen molar-refractivity contribution in [2.45, 2.75) is 13.5 Å². The predicted molar refractivity (Wildman–Crippen MR) is 78.8 cm³/mol. The molecule has 0 unspecified atom stereocenters. The van der Waals surface area contributed by atoms with Crippen molar-refractivity contribution in [2.24, 2.45) is 0 Å². The van der Waals surface area contributed by atoms with Gasteiger partial charge < -0.3 is 5.11 Å². The molecule has 0 saturated carbocycles. The van der Waals surface area contributed by atoms with Gasteiger partial charge in [-0.25, -0.2) is 4.98 Å². The minimum atomic E-state index is -0.0867. The summed E-state index contributed by atoms with van der Waals surface area (Å²) in [5.74, 6) is 0.617. The van der Waals surface area contributed by atoms with Gasteiger partial charge in [0.2, 0.25) is 0 Å². The van der Waals surface area contributed by atoms with Gasteiger partial charge in [0.1, 0.15) is 11.6 Å². The standard InChI is InChI=1S/C16H14N2O2/c1-2-18-15(12-8-4-6-10-14(12)19)17-13-9-5-3-7-11(13)16(18)20/h3-10,19H,2H2,1H3. The molecule has 2 aromatic carbocycles. The first-order chi connectivity index (χ1) is 9.72. The summed E-state index contributed by atoms with van der Waals surface area (Å²) in [6, 6.07) is 14.2. The number of para-hydroxylation sites is 2. The van der Waals surface area contributed by atoms with E-state index in [1.54, 1.807) is 34.9 Å². The molecule has 4 nitrogen and oxygen atoms in total. The van der Waals surface area contributed by atoms with Crippen molar-refractivity contribution in [3.8, 4) is 17.1 Å². The Morgan fingerprint density at radius 3 is 2.55 bits per heavy atom. The maximum Gasteiger partial charge on any atom is 0.261 e. The second-order valence-electron chi connectivity index (χ2n) is 4.52. The number of hydrogen-bond donors (Lipinski definition) is 1. The minimum Gasteiger partial charge on any atom is -0.507 e. The highest BCUT2D eigenvalue weighted by molar-refractivity contribution is 5.80. The van der Waals surface area contributed by atoms with E-state index in [4.69, 9.17) is 0 Å². The van der Waals surface area contributed by atoms with Gasteiger partial charge in [0, 0.05) is 6.54 Å². The zero-order valence-electron chi connectivity index (χ0n) is 11.1. The third kappa shape index (κ3) is 1.86. The van der Waals surface area contributed by atoms with E-state index < -0.39 is 0 Å². The number of phenols is 1. The largest absolute Gasteiger partial charge is 0.507 e. The van der Waals surface area contributed by atoms with E-state index in [-0.39, 0.29) is 11.3 Å². The summed E-state index contributed by atoms with van der Waals surface area (Å²) < 4.78 is 1.58. The average Bonchev–Trinajstić information content (AvgIpc) is 2.48. The Hall–Kier alpha value is -2.62. The lowest BCUT2D eigenvalue weighted by molar-refractivity contribution is 0.476. The topological polar surface area (TPSA) is 55.1 Å². The van der Waals surface area contributed by atoms with E-state index in [0.717, 1.165) is 0 Å². The Kier molecular flexibility index (Phi) is 2.99. The molecule has 3 rings (SSSR count). The van der Waals surface area contributed by atoms with Gasteiger partial charge in [-0.15, -0.1) is 0 Å². The fourth-order valence-corrected chi connectivity index (χ4v) is 2.33. The molecule has 1 aromatic heterocycles. The lowest BCUT2D eigenvalue weighted by Gasteiger charge is -2.12. The summed E-state index contributed by atoms with van der Waals surface area (Å²) >= 11 is 0. The van der Waals surface area contributed by atoms with E-state index >= 15 is 0 Å². The van der Waals surface area contributed by atoms with Gasteiger partial charge in [-0.05, 0) is 31.2 Å². The maximum atomic E-state index is 12.5. The molecular formula is C16H14N2O2. The fraction of sp³-hybridized carbons (Fsp3) is 0.125. The van der Waals surface area contributed by atoms with E-state index in [1.807, 2.05) is 25.1 Å². The molecular weight excluding hydrogens is 252 g/mol. The number of rotatable bonds is 2. The molecule has 0 aliphatic rings. The summed E-state index contributed by atoms with van der Waals surface area (Å²) in [4.78, 5) is 17.0. The molecule has 3 aromatic rings. The lowest BCUT2D eigenvalue weighted by atomic mass is 10.1. The van der Waals surface area contributed by atoms with Crippen LogP contribution in [-0.4, -0.2) is 14.7 Å². The minimum absolute atomic E-state index is 0.0867. The van der Waals surface area contributed by atoms with Crippen LogP contribution < -0.4 is 5.56 Å². The van der Waals surface area contributed by atoms with Crippen molar-refractivity contribution < 1.29 is 5.11 Å². The van der Waals surface area contributed by atoms with Crippen LogP contribution >= 0.6 is 0 Å². The van der Waals surface area contributed by atoms with Crippen molar-refractivity contribution in [1.29, 1.82) is 0 Å². The van der Waals surface area contributed by atoms with E-state index in [2.05, 4.69) is 4.98 Å². The monoisotopic (exact) mass is 266 g/mol. The predicted octanol–water partition coefficient (Wildman–Crippen LogP) is 2.79. The van der Waals surface area contributed by atoms with Crippen LogP contribution in [-0.2, 0) is 6.54 Å². The molecule has 0 atom stereocenters. The van der Waals surface area contributed by atoms with Crippen LogP contribution in [0.4, 0.5) is 0 Å². The Morgan fingerprint density at radius 2 is 1.80 bits per heavy atom. The second kappa shape index (κ2) is 4.81. The van der Waals surface area contributed by atoms with Crippen LogP contribution in [0, 0.1) is 0 Å². The van der Waals surface area contributed by atoms with Crippen molar-refractivity contribution in [2.75, 3.05) is 0 Å². The first kappa shape index (κ1) is 12.4. The molecule has 0 bridgehead atoms. The molecule has 0 fully saturated rings. The number of aromatic nitrogens is 2. The van der Waals surface area contributed by atoms with Crippen LogP contribution in [0.25, 0.3) is 22.3 Å². The normalized spacial score (nSPS) is 10.8. The third-order valence-electron chi connectivity index (χ3n) is 3.32. The van der Waals surface area contributed by atoms with Crippen LogP contribution in [0.3, 0.4) is 0 Å². The molecule has 1 N–H and O–H groups in total. The van der Waals surface area contributed by atoms with Crippen LogP contribution in [0.5, 0.6) is 5.75 Å². The lowest BCUT2D eigenvalue weighted by Crippen LogP contribution is -2.22. The summed E-state index contributed by atoms with van der Waals surface area (Å²) in [5, 5.41) is 10.6. The molecule has 1 heterocycles. The first-order valence-corrected chi connectivity index (χ1v) is 6.50. The Bertz CT molecular complexity index is 837. The van der Waals surface area contributed by atoms with Crippen molar-refractivity contribution in [3.05, 3.63) is 58.9 Å². The van der Waals surface area contributed by atoms with Gasteiger partial charge in [0.15, 0.2) is 0 Å². The van der Waals surface area contributed by atoms with Crippen LogP contribution in [0.1, 0.15) is 6.92 Å². The first-order valence-electron chi connectivity index (χ1n) is 6.50. The number of fused-ring (bicyclic) bond motifs is 1. The number of hydrogen-bond acceptors (Lipinski definition) is 3. The number of nitrogens with zero attached hydrogens (tertiary/aromatic N) is 2. The summed E-state index contributed by atoms with van der Waals surface area (Å²) in [6.45, 7) is 2.39. The zero-order valence-corrected chi connectivity index (χ0v) is 11.1. The SMILES string of the molecule is CCn1c(-c2ccccc2O)nc2ccccc2c1=O. The molecule has 0 aliphatic carbocycles. The molecule has 0 saturated heterocycles. The van der Waals surface area contributed by atoms with Gasteiger partial charge in [-0.1, -0.05) is 24.3 Å². The molecule has 4 heteroatoms. The van der Waals surface area contributed by atoms with E-state index in [1.165, 1.54) is 0 Å². The van der Waals surface area contributed by atoms with Gasteiger partial charge in [-0.2, -0.15) is 0 Å². The highest BCUT2D eigenvalue weighted by atomic mass is 16.3. The quantitative estimate of drug-likeness (QED) is 0.776. The molecule has 0 radical (unpaired) electrons. The number of phenolic OH excluding ortho intramolecular Hbond substituents is 1. The second-order valence-corrected chi connectivity index (χ2v) is 4.52. The molecule has 0 amide bonds. The summed E-state index contributed by atoms with van der Waals surface area (Å²) in [7, 11) is 0. The average molecular weight is 266 g/mol. The van der Waals surface area contributed by atoms with Gasteiger partial charge in [-0.3, -0.25) is 9.36 Å². The molecule has 0 aliphatic heterocycles. The Morgan fingerprint density at radius 1 is 1.10 bits per heavy atom. The van der Waals surface area contributed by atoms with Crippen molar-refractivity contribution in [1.82, 2.24) is 9.55 Å². The van der Waals surface area contributed by atoms with Gasteiger partial charge >= 0.3 is 0 Å². The Labute approximate surface area is 116 Å². The van der Waals surface area contributed by atoms with Crippen molar-refractivity contribution in [3.63, 3.8) is 0 Å². The van der Waals surface area contributed by atoms with Gasteiger partial charge in [0.05, 0.1) is 16.5 Å². The number of aromatic hydroxyl groups is 1. The summed E-state index contributed by atoms with van der Waals surface area (Å²) in [6.07, 6.45) is 0. The molecule has 100 valence electrons. The molecule has 20 heavy (non-hydrogen) atoms. The number of benzene rings is 2. The molecule has 0 spiro atoms. The smallest absolute Gasteiger partial charge is 0.261 e. The van der Waals surface area contributed by atoms with E-state index in [9.17, 15) is 9.90 Å². The Balaban J connectivity index is 2.42. The van der Waals surface area contributed by atoms with Gasteiger partial charge in [0.25, 0.3) is 5.56 Å². The van der Waals surface area contributed by atoms with E-state index in [0.29, 0.717) is 28.8 Å². The fourth-order valence-electron chi connectivity index (χ4n) is 2.33. The highest BCUT2D eigenvalue weighted by Crippen LogP contribution is 2.27. The van der Waals surface area contributed by atoms with Crippen LogP contribution in [0.15, 0.2) is 53.3 Å². The zero-order chi connectivity index (χ0) is 14.1. The van der Waals surface area contributed by atoms with Crippen molar-refractivity contribution >= 4 is 10.9 Å². The summed E-state index contributed by atoms with van der Waals surface area (Å²) in [5.41, 5.74) is 1.12. The third-order valence-corrected chi connectivity index (χ3v) is 3.32. The maximum absolute atomic E-state index is 12.5. The van der Waals surface area contributed by atoms with Crippen LogP contribution in [0.2, 0.25) is 0 Å².